The van der Waals surface area contributed by atoms with Crippen molar-refractivity contribution in [3.63, 3.8) is 0 Å². The molecule has 2 unspecified atom stereocenters. The Labute approximate surface area is 166 Å². The molecule has 1 spiro atoms. The molecule has 5 rings (SSSR count). The molecular weight excluding hydrogens is 372 g/mol. The Morgan fingerprint density at radius 1 is 1.29 bits per heavy atom. The van der Waals surface area contributed by atoms with Crippen molar-refractivity contribution in [1.82, 2.24) is 14.9 Å². The highest BCUT2D eigenvalue weighted by atomic mass is 32.1. The zero-order valence-electron chi connectivity index (χ0n) is 15.3. The molecule has 2 aromatic heterocycles. The standard InChI is InChI=1S/C21H18N4O2S/c1-13-23-17(12-28-13)19(26)25-10-8-21(18(25)14-5-4-9-22-11-14)15-6-2-3-7-16(15)24-20(21)27/h2-7,9,11-12,18H,8,10H2,1H3,(H,24,27). The average molecular weight is 390 g/mol. The maximum atomic E-state index is 13.3. The zero-order valence-corrected chi connectivity index (χ0v) is 16.1. The normalized spacial score (nSPS) is 23.1. The van der Waals surface area contributed by atoms with Crippen molar-refractivity contribution in [2.45, 2.75) is 24.8 Å². The lowest BCUT2D eigenvalue weighted by molar-refractivity contribution is -0.121. The van der Waals surface area contributed by atoms with Crippen molar-refractivity contribution in [2.75, 3.05) is 11.9 Å². The smallest absolute Gasteiger partial charge is 0.273 e. The number of benzene rings is 1. The number of para-hydroxylation sites is 1. The Morgan fingerprint density at radius 3 is 2.89 bits per heavy atom. The van der Waals surface area contributed by atoms with Gasteiger partial charge in [0.2, 0.25) is 5.91 Å². The number of hydrogen-bond acceptors (Lipinski definition) is 5. The first kappa shape index (κ1) is 17.1. The third-order valence-corrected chi connectivity index (χ3v) is 6.46. The van der Waals surface area contributed by atoms with Gasteiger partial charge in [-0.05, 0) is 36.6 Å². The summed E-state index contributed by atoms with van der Waals surface area (Å²) in [6.07, 6.45) is 4.01. The lowest BCUT2D eigenvalue weighted by Gasteiger charge is -2.34. The minimum Gasteiger partial charge on any atom is -0.329 e. The molecular formula is C21H18N4O2S. The molecule has 1 N–H and O–H groups in total. The number of rotatable bonds is 2. The summed E-state index contributed by atoms with van der Waals surface area (Å²) in [6.45, 7) is 2.36. The highest BCUT2D eigenvalue weighted by Gasteiger charge is 2.59. The third-order valence-electron chi connectivity index (χ3n) is 5.69. The number of aryl methyl sites for hydroxylation is 1. The highest BCUT2D eigenvalue weighted by Crippen LogP contribution is 2.54. The average Bonchev–Trinajstić information content (AvgIpc) is 3.40. The molecule has 0 bridgehead atoms. The van der Waals surface area contributed by atoms with Crippen molar-refractivity contribution in [1.29, 1.82) is 0 Å². The molecule has 140 valence electrons. The van der Waals surface area contributed by atoms with Crippen LogP contribution in [0, 0.1) is 6.92 Å². The second kappa shape index (κ2) is 6.24. The van der Waals surface area contributed by atoms with Crippen molar-refractivity contribution in [2.24, 2.45) is 0 Å². The number of nitrogens with one attached hydrogen (secondary N) is 1. The van der Waals surface area contributed by atoms with Gasteiger partial charge in [0.25, 0.3) is 5.91 Å². The zero-order chi connectivity index (χ0) is 19.3. The van der Waals surface area contributed by atoms with Gasteiger partial charge in [-0.15, -0.1) is 11.3 Å². The summed E-state index contributed by atoms with van der Waals surface area (Å²) in [5.74, 6) is -0.209. The van der Waals surface area contributed by atoms with Crippen LogP contribution in [-0.2, 0) is 10.2 Å². The number of aromatic nitrogens is 2. The molecule has 4 heterocycles. The second-order valence-electron chi connectivity index (χ2n) is 7.16. The van der Waals surface area contributed by atoms with Crippen LogP contribution < -0.4 is 5.32 Å². The van der Waals surface area contributed by atoms with E-state index in [1.807, 2.05) is 43.3 Å². The predicted molar refractivity (Wildman–Crippen MR) is 106 cm³/mol. The van der Waals surface area contributed by atoms with Crippen molar-refractivity contribution >= 4 is 28.8 Å². The number of carbonyl (C=O) groups is 2. The number of amides is 2. The first-order valence-electron chi connectivity index (χ1n) is 9.15. The minimum atomic E-state index is -0.819. The number of anilines is 1. The Bertz CT molecular complexity index is 1080. The molecule has 3 aromatic rings. The van der Waals surface area contributed by atoms with Gasteiger partial charge in [0, 0.05) is 30.0 Å². The van der Waals surface area contributed by atoms with Gasteiger partial charge in [0.15, 0.2) is 0 Å². The Hall–Kier alpha value is -3.06. The summed E-state index contributed by atoms with van der Waals surface area (Å²) in [4.78, 5) is 37.0. The van der Waals surface area contributed by atoms with Crippen LogP contribution in [0.5, 0.6) is 0 Å². The summed E-state index contributed by atoms with van der Waals surface area (Å²) in [5, 5.41) is 5.65. The van der Waals surface area contributed by atoms with E-state index in [1.54, 1.807) is 22.7 Å². The molecule has 1 saturated heterocycles. The van der Waals surface area contributed by atoms with Gasteiger partial charge >= 0.3 is 0 Å². The molecule has 2 amide bonds. The molecule has 7 heteroatoms. The molecule has 1 aromatic carbocycles. The van der Waals surface area contributed by atoms with Crippen LogP contribution >= 0.6 is 11.3 Å². The van der Waals surface area contributed by atoms with E-state index in [-0.39, 0.29) is 11.8 Å². The molecule has 1 fully saturated rings. The van der Waals surface area contributed by atoms with Gasteiger partial charge in [-0.3, -0.25) is 14.6 Å². The topological polar surface area (TPSA) is 75.2 Å². The number of fused-ring (bicyclic) bond motifs is 2. The largest absolute Gasteiger partial charge is 0.329 e. The van der Waals surface area contributed by atoms with Crippen LogP contribution in [0.4, 0.5) is 5.69 Å². The van der Waals surface area contributed by atoms with E-state index >= 15 is 0 Å². The molecule has 28 heavy (non-hydrogen) atoms. The van der Waals surface area contributed by atoms with Gasteiger partial charge < -0.3 is 10.2 Å². The van der Waals surface area contributed by atoms with Gasteiger partial charge in [-0.1, -0.05) is 24.3 Å². The maximum absolute atomic E-state index is 13.3. The first-order chi connectivity index (χ1) is 13.6. The van der Waals surface area contributed by atoms with Crippen molar-refractivity contribution in [3.8, 4) is 0 Å². The summed E-state index contributed by atoms with van der Waals surface area (Å²) >= 11 is 1.45. The fourth-order valence-corrected chi connectivity index (χ4v) is 5.10. The molecule has 0 radical (unpaired) electrons. The van der Waals surface area contributed by atoms with Crippen molar-refractivity contribution < 1.29 is 9.59 Å². The molecule has 0 aliphatic carbocycles. The Morgan fingerprint density at radius 2 is 2.14 bits per heavy atom. The van der Waals surface area contributed by atoms with Gasteiger partial charge in [0.05, 0.1) is 11.0 Å². The van der Waals surface area contributed by atoms with Crippen LogP contribution in [0.25, 0.3) is 0 Å². The van der Waals surface area contributed by atoms with Gasteiger partial charge in [0.1, 0.15) is 11.1 Å². The van der Waals surface area contributed by atoms with E-state index in [4.69, 9.17) is 0 Å². The number of pyridine rings is 1. The second-order valence-corrected chi connectivity index (χ2v) is 8.22. The summed E-state index contributed by atoms with van der Waals surface area (Å²) < 4.78 is 0. The number of likely N-dealkylation sites (tertiary alicyclic amines) is 1. The van der Waals surface area contributed by atoms with Crippen LogP contribution in [0.3, 0.4) is 0 Å². The molecule has 2 atom stereocenters. The van der Waals surface area contributed by atoms with Crippen LogP contribution in [0.1, 0.15) is 39.1 Å². The fourth-order valence-electron chi connectivity index (χ4n) is 4.52. The molecule has 6 nitrogen and oxygen atoms in total. The van der Waals surface area contributed by atoms with E-state index in [9.17, 15) is 9.59 Å². The van der Waals surface area contributed by atoms with Gasteiger partial charge in [-0.2, -0.15) is 0 Å². The van der Waals surface area contributed by atoms with E-state index < -0.39 is 11.5 Å². The maximum Gasteiger partial charge on any atom is 0.273 e. The van der Waals surface area contributed by atoms with E-state index in [0.29, 0.717) is 18.7 Å². The number of thiazole rings is 1. The highest BCUT2D eigenvalue weighted by molar-refractivity contribution is 7.09. The Kier molecular flexibility index (Phi) is 3.80. The SMILES string of the molecule is Cc1nc(C(=O)N2CCC3(C(=O)Nc4ccccc43)C2c2cccnc2)cs1. The number of nitrogens with zero attached hydrogens (tertiary/aromatic N) is 3. The minimum absolute atomic E-state index is 0.0627. The Balaban J connectivity index is 1.67. The molecule has 2 aliphatic rings. The van der Waals surface area contributed by atoms with Crippen LogP contribution in [0.15, 0.2) is 54.2 Å². The number of carbonyl (C=O) groups excluding carboxylic acids is 2. The monoisotopic (exact) mass is 390 g/mol. The van der Waals surface area contributed by atoms with Crippen LogP contribution in [-0.4, -0.2) is 33.2 Å². The third kappa shape index (κ3) is 2.32. The van der Waals surface area contributed by atoms with Crippen molar-refractivity contribution in [3.05, 3.63) is 76.0 Å². The summed E-state index contributed by atoms with van der Waals surface area (Å²) in [5.41, 5.74) is 2.23. The first-order valence-corrected chi connectivity index (χ1v) is 10.0. The van der Waals surface area contributed by atoms with Gasteiger partial charge in [-0.25, -0.2) is 4.98 Å². The summed E-state index contributed by atoms with van der Waals surface area (Å²) in [7, 11) is 0. The number of hydrogen-bond donors (Lipinski definition) is 1. The quantitative estimate of drug-likeness (QED) is 0.728. The lowest BCUT2D eigenvalue weighted by atomic mass is 9.73. The predicted octanol–water partition coefficient (Wildman–Crippen LogP) is 3.32. The fraction of sp³-hybridized carbons (Fsp3) is 0.238. The van der Waals surface area contributed by atoms with E-state index in [0.717, 1.165) is 21.8 Å². The molecule has 0 saturated carbocycles. The van der Waals surface area contributed by atoms with E-state index in [2.05, 4.69) is 15.3 Å². The lowest BCUT2D eigenvalue weighted by Crippen LogP contribution is -2.42. The van der Waals surface area contributed by atoms with E-state index in [1.165, 1.54) is 11.3 Å². The summed E-state index contributed by atoms with van der Waals surface area (Å²) in [6, 6.07) is 11.1. The van der Waals surface area contributed by atoms with Crippen LogP contribution in [0.2, 0.25) is 0 Å². The molecule has 2 aliphatic heterocycles.